The van der Waals surface area contributed by atoms with Crippen LogP contribution in [0.25, 0.3) is 11.1 Å². The Morgan fingerprint density at radius 2 is 2.14 bits per heavy atom. The molecule has 0 aliphatic rings. The van der Waals surface area contributed by atoms with Gasteiger partial charge in [-0.15, -0.1) is 0 Å². The van der Waals surface area contributed by atoms with Gasteiger partial charge in [0.25, 0.3) is 0 Å². The summed E-state index contributed by atoms with van der Waals surface area (Å²) < 4.78 is 23.3. The van der Waals surface area contributed by atoms with Gasteiger partial charge < -0.3 is 9.15 Å². The maximum absolute atomic E-state index is 13.5. The molecule has 0 spiro atoms. The lowest BCUT2D eigenvalue weighted by atomic mass is 10.1. The van der Waals surface area contributed by atoms with E-state index in [4.69, 9.17) is 9.15 Å². The van der Waals surface area contributed by atoms with Crippen LogP contribution >= 0.6 is 0 Å². The van der Waals surface area contributed by atoms with Gasteiger partial charge in [0.1, 0.15) is 11.6 Å². The van der Waals surface area contributed by atoms with Gasteiger partial charge in [-0.3, -0.25) is 0 Å². The summed E-state index contributed by atoms with van der Waals surface area (Å²) in [5.74, 6) is 0.195. The molecule has 2 rings (SSSR count). The first-order valence-electron chi connectivity index (χ1n) is 4.17. The fourth-order valence-corrected chi connectivity index (χ4v) is 1.27. The molecule has 2 nitrogen and oxygen atoms in total. The average molecular weight is 192 g/mol. The zero-order valence-electron chi connectivity index (χ0n) is 7.66. The molecule has 0 fully saturated rings. The molecule has 0 amide bonds. The lowest BCUT2D eigenvalue weighted by Gasteiger charge is -2.02. The van der Waals surface area contributed by atoms with Crippen LogP contribution in [0.3, 0.4) is 0 Å². The average Bonchev–Trinajstić information content (AvgIpc) is 2.70. The molecule has 1 aromatic carbocycles. The number of methoxy groups -OCH3 is 1. The molecule has 72 valence electrons. The minimum absolute atomic E-state index is 0.314. The molecule has 0 atom stereocenters. The maximum Gasteiger partial charge on any atom is 0.134 e. The third-order valence-electron chi connectivity index (χ3n) is 2.01. The maximum atomic E-state index is 13.5. The zero-order chi connectivity index (χ0) is 9.97. The Balaban J connectivity index is 2.46. The summed E-state index contributed by atoms with van der Waals surface area (Å²) in [4.78, 5) is 0. The number of hydrogen-bond donors (Lipinski definition) is 0. The Morgan fingerprint density at radius 1 is 1.29 bits per heavy atom. The monoisotopic (exact) mass is 192 g/mol. The molecule has 0 bridgehead atoms. The van der Waals surface area contributed by atoms with Crippen molar-refractivity contribution in [2.24, 2.45) is 0 Å². The summed E-state index contributed by atoms with van der Waals surface area (Å²) in [5, 5.41) is 0. The van der Waals surface area contributed by atoms with Crippen LogP contribution in [0.5, 0.6) is 5.75 Å². The molecule has 0 saturated heterocycles. The third-order valence-corrected chi connectivity index (χ3v) is 2.01. The summed E-state index contributed by atoms with van der Waals surface area (Å²) in [6, 6.07) is 6.44. The van der Waals surface area contributed by atoms with Crippen molar-refractivity contribution in [2.75, 3.05) is 7.11 Å². The summed E-state index contributed by atoms with van der Waals surface area (Å²) in [6.07, 6.45) is 3.02. The van der Waals surface area contributed by atoms with Gasteiger partial charge in [-0.2, -0.15) is 0 Å². The lowest BCUT2D eigenvalue weighted by molar-refractivity contribution is 0.411. The van der Waals surface area contributed by atoms with Crippen molar-refractivity contribution >= 4 is 0 Å². The highest BCUT2D eigenvalue weighted by Gasteiger charge is 2.06. The van der Waals surface area contributed by atoms with Crippen molar-refractivity contribution in [1.82, 2.24) is 0 Å². The molecule has 2 aromatic rings. The van der Waals surface area contributed by atoms with E-state index in [1.54, 1.807) is 18.2 Å². The van der Waals surface area contributed by atoms with E-state index in [2.05, 4.69) is 0 Å². The lowest BCUT2D eigenvalue weighted by Crippen LogP contribution is -1.86. The molecule has 14 heavy (non-hydrogen) atoms. The van der Waals surface area contributed by atoms with Crippen molar-refractivity contribution in [3.05, 3.63) is 42.6 Å². The Bertz CT molecular complexity index is 421. The fraction of sp³-hybridized carbons (Fsp3) is 0.0909. The first kappa shape index (κ1) is 8.81. The molecule has 0 aliphatic heterocycles. The third kappa shape index (κ3) is 1.48. The van der Waals surface area contributed by atoms with E-state index in [9.17, 15) is 4.39 Å². The van der Waals surface area contributed by atoms with E-state index >= 15 is 0 Å². The van der Waals surface area contributed by atoms with Crippen LogP contribution in [0.2, 0.25) is 0 Å². The number of hydrogen-bond acceptors (Lipinski definition) is 2. The van der Waals surface area contributed by atoms with Crippen LogP contribution in [0.15, 0.2) is 41.2 Å². The van der Waals surface area contributed by atoms with Gasteiger partial charge in [-0.05, 0) is 18.2 Å². The van der Waals surface area contributed by atoms with E-state index < -0.39 is 0 Å². The fourth-order valence-electron chi connectivity index (χ4n) is 1.27. The minimum atomic E-state index is -0.314. The quantitative estimate of drug-likeness (QED) is 0.729. The van der Waals surface area contributed by atoms with Crippen LogP contribution in [-0.4, -0.2) is 7.11 Å². The van der Waals surface area contributed by atoms with Gasteiger partial charge in [-0.25, -0.2) is 4.39 Å². The van der Waals surface area contributed by atoms with Gasteiger partial charge in [0.15, 0.2) is 0 Å². The molecule has 0 aliphatic carbocycles. The molecular weight excluding hydrogens is 183 g/mol. The Kier molecular flexibility index (Phi) is 2.23. The molecule has 0 radical (unpaired) electrons. The highest BCUT2D eigenvalue weighted by molar-refractivity contribution is 5.63. The second kappa shape index (κ2) is 3.54. The van der Waals surface area contributed by atoms with Gasteiger partial charge in [0, 0.05) is 17.2 Å². The van der Waals surface area contributed by atoms with Crippen molar-refractivity contribution in [3.63, 3.8) is 0 Å². The highest BCUT2D eigenvalue weighted by Crippen LogP contribution is 2.26. The van der Waals surface area contributed by atoms with Crippen LogP contribution < -0.4 is 4.74 Å². The normalized spacial score (nSPS) is 10.1. The van der Waals surface area contributed by atoms with Crippen LogP contribution in [0.1, 0.15) is 0 Å². The number of rotatable bonds is 2. The molecule has 0 N–H and O–H groups in total. The van der Waals surface area contributed by atoms with E-state index in [-0.39, 0.29) is 5.82 Å². The molecule has 1 heterocycles. The summed E-state index contributed by atoms with van der Waals surface area (Å²) in [6.45, 7) is 0. The smallest absolute Gasteiger partial charge is 0.134 e. The second-order valence-corrected chi connectivity index (χ2v) is 2.86. The first-order chi connectivity index (χ1) is 6.81. The van der Waals surface area contributed by atoms with Gasteiger partial charge in [0.2, 0.25) is 0 Å². The van der Waals surface area contributed by atoms with Crippen LogP contribution in [0, 0.1) is 5.82 Å². The number of furan rings is 1. The molecule has 0 saturated carbocycles. The van der Waals surface area contributed by atoms with E-state index in [1.807, 2.05) is 0 Å². The van der Waals surface area contributed by atoms with Crippen molar-refractivity contribution in [3.8, 4) is 16.9 Å². The molecule has 1 aromatic heterocycles. The Morgan fingerprint density at radius 3 is 2.71 bits per heavy atom. The first-order valence-corrected chi connectivity index (χ1v) is 4.17. The van der Waals surface area contributed by atoms with Crippen molar-refractivity contribution in [1.29, 1.82) is 0 Å². The highest BCUT2D eigenvalue weighted by atomic mass is 19.1. The van der Waals surface area contributed by atoms with Crippen LogP contribution in [-0.2, 0) is 0 Å². The van der Waals surface area contributed by atoms with E-state index in [0.29, 0.717) is 11.3 Å². The number of halogens is 1. The molecule has 0 unspecified atom stereocenters. The topological polar surface area (TPSA) is 22.4 Å². The van der Waals surface area contributed by atoms with Crippen LogP contribution in [0.4, 0.5) is 4.39 Å². The molecular formula is C11H9FO2. The van der Waals surface area contributed by atoms with Gasteiger partial charge >= 0.3 is 0 Å². The number of ether oxygens (including phenoxy) is 1. The number of benzene rings is 1. The largest absolute Gasteiger partial charge is 0.497 e. The minimum Gasteiger partial charge on any atom is -0.497 e. The van der Waals surface area contributed by atoms with Crippen molar-refractivity contribution in [2.45, 2.75) is 0 Å². The second-order valence-electron chi connectivity index (χ2n) is 2.86. The van der Waals surface area contributed by atoms with Gasteiger partial charge in [0.05, 0.1) is 19.6 Å². The van der Waals surface area contributed by atoms with E-state index in [0.717, 1.165) is 5.56 Å². The predicted octanol–water partition coefficient (Wildman–Crippen LogP) is 3.09. The van der Waals surface area contributed by atoms with E-state index in [1.165, 1.54) is 25.7 Å². The Labute approximate surface area is 80.9 Å². The summed E-state index contributed by atoms with van der Waals surface area (Å²) in [7, 11) is 1.51. The standard InChI is InChI=1S/C11H9FO2/c1-13-9-2-3-10(11(12)6-9)8-4-5-14-7-8/h2-7H,1H3. The molecule has 3 heteroatoms. The summed E-state index contributed by atoms with van der Waals surface area (Å²) in [5.41, 5.74) is 1.24. The predicted molar refractivity (Wildman–Crippen MR) is 50.7 cm³/mol. The van der Waals surface area contributed by atoms with Crippen molar-refractivity contribution < 1.29 is 13.5 Å². The zero-order valence-corrected chi connectivity index (χ0v) is 7.66. The Hall–Kier alpha value is -1.77. The summed E-state index contributed by atoms with van der Waals surface area (Å²) >= 11 is 0. The van der Waals surface area contributed by atoms with Gasteiger partial charge in [-0.1, -0.05) is 0 Å². The SMILES string of the molecule is COc1ccc(-c2ccoc2)c(F)c1.